The molecule has 0 spiro atoms. The van der Waals surface area contributed by atoms with Crippen molar-refractivity contribution in [3.05, 3.63) is 145 Å². The van der Waals surface area contributed by atoms with Crippen molar-refractivity contribution < 1.29 is 0 Å². The zero-order valence-corrected chi connectivity index (χ0v) is 23.3. The Bertz CT molecular complexity index is 2210. The second-order valence-corrected chi connectivity index (χ2v) is 11.3. The molecule has 8 rings (SSSR count). The van der Waals surface area contributed by atoms with E-state index in [1.165, 1.54) is 71.7 Å². The first-order valence-electron chi connectivity index (χ1n) is 14.4. The highest BCUT2D eigenvalue weighted by Crippen LogP contribution is 2.38. The van der Waals surface area contributed by atoms with Crippen LogP contribution in [-0.2, 0) is 0 Å². The van der Waals surface area contributed by atoms with Crippen LogP contribution in [0.1, 0.15) is 25.3 Å². The van der Waals surface area contributed by atoms with Gasteiger partial charge in [-0.1, -0.05) is 86.6 Å². The van der Waals surface area contributed by atoms with E-state index in [9.17, 15) is 0 Å². The van der Waals surface area contributed by atoms with Crippen LogP contribution in [0.3, 0.4) is 0 Å². The molecule has 0 fully saturated rings. The average Bonchev–Trinajstić information content (AvgIpc) is 3.53. The molecule has 2 aromatic heterocycles. The summed E-state index contributed by atoms with van der Waals surface area (Å²) < 4.78 is 4.77. The van der Waals surface area contributed by atoms with Crippen LogP contribution in [0.4, 0.5) is 0 Å². The molecule has 2 heteroatoms. The standard InChI is InChI=1S/C39H30N2/c1-26(2)27-17-20-38-34(23-27)35-25-29(19-22-39(35)41(38)31-13-7-4-8-14-31)28-18-21-37-33(24-28)32-15-9-10-16-36(32)40(37)30-11-5-3-6-12-30/h3-26H,1-2H3. The fourth-order valence-corrected chi connectivity index (χ4v) is 6.44. The average molecular weight is 527 g/mol. The third-order valence-corrected chi connectivity index (χ3v) is 8.49. The maximum atomic E-state index is 2.40. The van der Waals surface area contributed by atoms with Gasteiger partial charge < -0.3 is 9.13 Å². The van der Waals surface area contributed by atoms with Crippen molar-refractivity contribution in [2.75, 3.05) is 0 Å². The van der Waals surface area contributed by atoms with Crippen LogP contribution < -0.4 is 0 Å². The van der Waals surface area contributed by atoms with Crippen molar-refractivity contribution >= 4 is 43.6 Å². The first-order valence-corrected chi connectivity index (χ1v) is 14.4. The summed E-state index contributed by atoms with van der Waals surface area (Å²) in [6.07, 6.45) is 0. The van der Waals surface area contributed by atoms with Gasteiger partial charge in [-0.2, -0.15) is 0 Å². The van der Waals surface area contributed by atoms with Crippen LogP contribution >= 0.6 is 0 Å². The first-order chi connectivity index (χ1) is 20.2. The van der Waals surface area contributed by atoms with Gasteiger partial charge in [-0.3, -0.25) is 0 Å². The Morgan fingerprint density at radius 2 is 0.829 bits per heavy atom. The molecule has 0 radical (unpaired) electrons. The second-order valence-electron chi connectivity index (χ2n) is 11.3. The van der Waals surface area contributed by atoms with E-state index in [-0.39, 0.29) is 0 Å². The molecule has 41 heavy (non-hydrogen) atoms. The molecule has 0 unspecified atom stereocenters. The molecule has 0 aliphatic rings. The van der Waals surface area contributed by atoms with Crippen molar-refractivity contribution in [3.63, 3.8) is 0 Å². The molecule has 0 amide bonds. The molecule has 6 aromatic carbocycles. The number of para-hydroxylation sites is 3. The molecule has 0 N–H and O–H groups in total. The second kappa shape index (κ2) is 9.25. The van der Waals surface area contributed by atoms with Crippen molar-refractivity contribution in [2.24, 2.45) is 0 Å². The maximum Gasteiger partial charge on any atom is 0.0541 e. The van der Waals surface area contributed by atoms with E-state index >= 15 is 0 Å². The molecule has 0 saturated carbocycles. The van der Waals surface area contributed by atoms with Gasteiger partial charge in [0.2, 0.25) is 0 Å². The van der Waals surface area contributed by atoms with Gasteiger partial charge in [0.05, 0.1) is 22.1 Å². The summed E-state index contributed by atoms with van der Waals surface area (Å²) in [6.45, 7) is 4.54. The van der Waals surface area contributed by atoms with E-state index in [1.807, 2.05) is 0 Å². The lowest BCUT2D eigenvalue weighted by Gasteiger charge is -2.09. The molecule has 196 valence electrons. The van der Waals surface area contributed by atoms with E-state index in [1.54, 1.807) is 0 Å². The van der Waals surface area contributed by atoms with Crippen LogP contribution in [0.15, 0.2) is 140 Å². The van der Waals surface area contributed by atoms with Crippen molar-refractivity contribution in [1.82, 2.24) is 9.13 Å². The monoisotopic (exact) mass is 526 g/mol. The normalized spacial score (nSPS) is 11.9. The van der Waals surface area contributed by atoms with E-state index < -0.39 is 0 Å². The number of rotatable bonds is 4. The lowest BCUT2D eigenvalue weighted by atomic mass is 9.98. The Morgan fingerprint density at radius 3 is 1.39 bits per heavy atom. The molecule has 0 aliphatic carbocycles. The summed E-state index contributed by atoms with van der Waals surface area (Å²) in [4.78, 5) is 0. The van der Waals surface area contributed by atoms with Crippen molar-refractivity contribution in [1.29, 1.82) is 0 Å². The molecular weight excluding hydrogens is 496 g/mol. The molecule has 0 saturated heterocycles. The largest absolute Gasteiger partial charge is 0.309 e. The maximum absolute atomic E-state index is 2.40. The third-order valence-electron chi connectivity index (χ3n) is 8.49. The van der Waals surface area contributed by atoms with Gasteiger partial charge in [0.1, 0.15) is 0 Å². The highest BCUT2D eigenvalue weighted by molar-refractivity contribution is 6.12. The molecule has 0 atom stereocenters. The molecule has 2 nitrogen and oxygen atoms in total. The summed E-state index contributed by atoms with van der Waals surface area (Å²) in [5.41, 5.74) is 11.1. The predicted molar refractivity (Wildman–Crippen MR) is 175 cm³/mol. The van der Waals surface area contributed by atoms with Gasteiger partial charge in [0.25, 0.3) is 0 Å². The van der Waals surface area contributed by atoms with Gasteiger partial charge in [0, 0.05) is 32.9 Å². The van der Waals surface area contributed by atoms with Crippen LogP contribution in [-0.4, -0.2) is 9.13 Å². The number of fused-ring (bicyclic) bond motifs is 6. The highest BCUT2D eigenvalue weighted by atomic mass is 15.0. The summed E-state index contributed by atoms with van der Waals surface area (Å²) >= 11 is 0. The van der Waals surface area contributed by atoms with Gasteiger partial charge in [-0.25, -0.2) is 0 Å². The van der Waals surface area contributed by atoms with E-state index in [0.717, 1.165) is 0 Å². The van der Waals surface area contributed by atoms with Crippen molar-refractivity contribution in [2.45, 2.75) is 19.8 Å². The summed E-state index contributed by atoms with van der Waals surface area (Å²) in [7, 11) is 0. The van der Waals surface area contributed by atoms with Crippen LogP contribution in [0.2, 0.25) is 0 Å². The molecule has 0 bridgehead atoms. The first kappa shape index (κ1) is 23.8. The Hall–Kier alpha value is -5.08. The Kier molecular flexibility index (Phi) is 5.36. The number of hydrogen-bond donors (Lipinski definition) is 0. The van der Waals surface area contributed by atoms with E-state index in [2.05, 4.69) is 163 Å². The van der Waals surface area contributed by atoms with Gasteiger partial charge in [-0.05, 0) is 89.3 Å². The van der Waals surface area contributed by atoms with Crippen molar-refractivity contribution in [3.8, 4) is 22.5 Å². The lowest BCUT2D eigenvalue weighted by molar-refractivity contribution is 0.868. The van der Waals surface area contributed by atoms with Gasteiger partial charge >= 0.3 is 0 Å². The van der Waals surface area contributed by atoms with E-state index in [4.69, 9.17) is 0 Å². The minimum atomic E-state index is 0.474. The number of benzene rings is 6. The summed E-state index contributed by atoms with van der Waals surface area (Å²) in [6, 6.07) is 50.9. The zero-order chi connectivity index (χ0) is 27.5. The molecule has 2 heterocycles. The SMILES string of the molecule is CC(C)c1ccc2c(c1)c1cc(-c3ccc4c(c3)c3ccccc3n4-c3ccccc3)ccc1n2-c1ccccc1. The minimum Gasteiger partial charge on any atom is -0.309 e. The third kappa shape index (κ3) is 3.72. The smallest absolute Gasteiger partial charge is 0.0541 e. The van der Waals surface area contributed by atoms with Crippen LogP contribution in [0.5, 0.6) is 0 Å². The van der Waals surface area contributed by atoms with Crippen LogP contribution in [0, 0.1) is 0 Å². The Balaban J connectivity index is 1.37. The predicted octanol–water partition coefficient (Wildman–Crippen LogP) is 10.7. The molecular formula is C39H30N2. The minimum absolute atomic E-state index is 0.474. The Labute approximate surface area is 239 Å². The highest BCUT2D eigenvalue weighted by Gasteiger charge is 2.16. The quantitative estimate of drug-likeness (QED) is 0.216. The fraction of sp³-hybridized carbons (Fsp3) is 0.0769. The summed E-state index contributed by atoms with van der Waals surface area (Å²) in [5, 5.41) is 5.14. The zero-order valence-electron chi connectivity index (χ0n) is 23.3. The topological polar surface area (TPSA) is 9.86 Å². The van der Waals surface area contributed by atoms with E-state index in [0.29, 0.717) is 5.92 Å². The number of hydrogen-bond acceptors (Lipinski definition) is 0. The fourth-order valence-electron chi connectivity index (χ4n) is 6.44. The molecule has 8 aromatic rings. The summed E-state index contributed by atoms with van der Waals surface area (Å²) in [5.74, 6) is 0.474. The Morgan fingerprint density at radius 1 is 0.390 bits per heavy atom. The van der Waals surface area contributed by atoms with Crippen LogP contribution in [0.25, 0.3) is 66.1 Å². The van der Waals surface area contributed by atoms with Gasteiger partial charge in [0.15, 0.2) is 0 Å². The molecule has 0 aliphatic heterocycles. The number of aromatic nitrogens is 2. The lowest BCUT2D eigenvalue weighted by Crippen LogP contribution is -1.93. The van der Waals surface area contributed by atoms with Gasteiger partial charge in [-0.15, -0.1) is 0 Å². The number of nitrogens with zero attached hydrogens (tertiary/aromatic N) is 2.